The van der Waals surface area contributed by atoms with E-state index in [-0.39, 0.29) is 33.3 Å². The van der Waals surface area contributed by atoms with Crippen molar-refractivity contribution in [2.75, 3.05) is 45.5 Å². The number of rotatable bonds is 4. The molecule has 2 aromatic rings. The van der Waals surface area contributed by atoms with Crippen LogP contribution in [0.3, 0.4) is 0 Å². The average Bonchev–Trinajstić information content (AvgIpc) is 3.36. The summed E-state index contributed by atoms with van der Waals surface area (Å²) in [4.78, 5) is 31.1. The standard InChI is InChI=1S/C21H23Cl2N3O5S2/c1-33(30,31)17-12-32-19(18(17)23)21(29)26-10-15(16(27)11-26)24-6-8-25(9-7-24)20(28)13-2-4-14(22)5-3-13/h2-5,12,15-16,27H,6-11H2,1H3. The molecular formula is C21H23Cl2N3O5S2. The van der Waals surface area contributed by atoms with Crippen molar-refractivity contribution in [2.45, 2.75) is 17.0 Å². The minimum absolute atomic E-state index is 0.0599. The molecule has 1 aromatic heterocycles. The highest BCUT2D eigenvalue weighted by Crippen LogP contribution is 2.33. The van der Waals surface area contributed by atoms with Gasteiger partial charge in [-0.05, 0) is 24.3 Å². The number of β-amino-alcohol motifs (C(OH)–C–C–N with tert-alkyl or cyclic N) is 1. The van der Waals surface area contributed by atoms with Crippen LogP contribution in [-0.2, 0) is 9.84 Å². The number of aliphatic hydroxyl groups excluding tert-OH is 1. The van der Waals surface area contributed by atoms with E-state index in [0.29, 0.717) is 43.3 Å². The van der Waals surface area contributed by atoms with E-state index in [1.807, 2.05) is 0 Å². The van der Waals surface area contributed by atoms with Crippen LogP contribution in [0, 0.1) is 0 Å². The van der Waals surface area contributed by atoms with E-state index in [4.69, 9.17) is 23.2 Å². The first-order chi connectivity index (χ1) is 15.6. The number of carbonyl (C=O) groups excluding carboxylic acids is 2. The first-order valence-corrected chi connectivity index (χ1v) is 13.8. The smallest absolute Gasteiger partial charge is 0.265 e. The first-order valence-electron chi connectivity index (χ1n) is 10.3. The highest BCUT2D eigenvalue weighted by atomic mass is 35.5. The molecule has 8 nitrogen and oxygen atoms in total. The van der Waals surface area contributed by atoms with Crippen LogP contribution >= 0.6 is 34.5 Å². The van der Waals surface area contributed by atoms with Crippen LogP contribution in [0.1, 0.15) is 20.0 Å². The number of nitrogens with zero attached hydrogens (tertiary/aromatic N) is 3. The zero-order chi connectivity index (χ0) is 23.9. The molecule has 4 rings (SSSR count). The van der Waals surface area contributed by atoms with Crippen LogP contribution in [0.25, 0.3) is 0 Å². The molecule has 2 amide bonds. The predicted molar refractivity (Wildman–Crippen MR) is 127 cm³/mol. The topological polar surface area (TPSA) is 98.2 Å². The Morgan fingerprint density at radius 1 is 1.00 bits per heavy atom. The predicted octanol–water partition coefficient (Wildman–Crippen LogP) is 2.10. The second-order valence-corrected chi connectivity index (χ2v) is 11.9. The normalized spacial score (nSPS) is 22.1. The van der Waals surface area contributed by atoms with Crippen molar-refractivity contribution in [1.82, 2.24) is 14.7 Å². The fraction of sp³-hybridized carbons (Fsp3) is 0.429. The summed E-state index contributed by atoms with van der Waals surface area (Å²) in [5, 5.41) is 12.5. The van der Waals surface area contributed by atoms with Crippen molar-refractivity contribution in [3.8, 4) is 0 Å². The summed E-state index contributed by atoms with van der Waals surface area (Å²) < 4.78 is 23.6. The molecule has 2 fully saturated rings. The van der Waals surface area contributed by atoms with Crippen LogP contribution in [0.5, 0.6) is 0 Å². The number of carbonyl (C=O) groups is 2. The minimum atomic E-state index is -3.53. The van der Waals surface area contributed by atoms with Crippen molar-refractivity contribution < 1.29 is 23.1 Å². The Morgan fingerprint density at radius 2 is 1.64 bits per heavy atom. The van der Waals surface area contributed by atoms with Gasteiger partial charge in [0.15, 0.2) is 9.84 Å². The summed E-state index contributed by atoms with van der Waals surface area (Å²) in [6, 6.07) is 6.50. The first kappa shape index (κ1) is 24.4. The average molecular weight is 532 g/mol. The summed E-state index contributed by atoms with van der Waals surface area (Å²) >= 11 is 13.1. The number of hydrogen-bond acceptors (Lipinski definition) is 7. The highest BCUT2D eigenvalue weighted by molar-refractivity contribution is 7.91. The van der Waals surface area contributed by atoms with Gasteiger partial charge in [0.05, 0.1) is 22.1 Å². The highest BCUT2D eigenvalue weighted by Gasteiger charge is 2.40. The fourth-order valence-electron chi connectivity index (χ4n) is 4.19. The van der Waals surface area contributed by atoms with Crippen molar-refractivity contribution in [3.63, 3.8) is 0 Å². The molecule has 2 atom stereocenters. The summed E-state index contributed by atoms with van der Waals surface area (Å²) in [6.07, 6.45) is 0.294. The van der Waals surface area contributed by atoms with Crippen LogP contribution in [0.15, 0.2) is 34.5 Å². The number of benzene rings is 1. The van der Waals surface area contributed by atoms with Crippen LogP contribution < -0.4 is 0 Å². The molecule has 2 aliphatic heterocycles. The number of likely N-dealkylation sites (tertiary alicyclic amines) is 1. The number of piperazine rings is 1. The molecule has 1 N–H and O–H groups in total. The molecule has 178 valence electrons. The van der Waals surface area contributed by atoms with Crippen molar-refractivity contribution in [3.05, 3.63) is 50.1 Å². The minimum Gasteiger partial charge on any atom is -0.390 e. The SMILES string of the molecule is CS(=O)(=O)c1csc(C(=O)N2CC(O)C(N3CCN(C(=O)c4ccc(Cl)cc4)CC3)C2)c1Cl. The number of halogens is 2. The van der Waals surface area contributed by atoms with E-state index in [1.165, 1.54) is 10.3 Å². The van der Waals surface area contributed by atoms with Gasteiger partial charge in [0.2, 0.25) is 0 Å². The molecule has 0 radical (unpaired) electrons. The molecular weight excluding hydrogens is 509 g/mol. The van der Waals surface area contributed by atoms with Gasteiger partial charge in [-0.15, -0.1) is 11.3 Å². The molecule has 3 heterocycles. The summed E-state index contributed by atoms with van der Waals surface area (Å²) in [7, 11) is -3.53. The van der Waals surface area contributed by atoms with Crippen molar-refractivity contribution in [1.29, 1.82) is 0 Å². The van der Waals surface area contributed by atoms with Gasteiger partial charge < -0.3 is 14.9 Å². The Kier molecular flexibility index (Phi) is 7.05. The van der Waals surface area contributed by atoms with Gasteiger partial charge in [0.25, 0.3) is 11.8 Å². The zero-order valence-corrected chi connectivity index (χ0v) is 20.9. The maximum atomic E-state index is 13.0. The Labute approximate surface area is 206 Å². The third kappa shape index (κ3) is 5.06. The van der Waals surface area contributed by atoms with E-state index >= 15 is 0 Å². The van der Waals surface area contributed by atoms with E-state index in [2.05, 4.69) is 4.90 Å². The largest absolute Gasteiger partial charge is 0.390 e. The Bertz CT molecular complexity index is 1160. The maximum Gasteiger partial charge on any atom is 0.265 e. The molecule has 33 heavy (non-hydrogen) atoms. The van der Waals surface area contributed by atoms with E-state index in [9.17, 15) is 23.1 Å². The number of thiophene rings is 1. The van der Waals surface area contributed by atoms with Gasteiger partial charge in [-0.25, -0.2) is 8.42 Å². The van der Waals surface area contributed by atoms with Crippen LogP contribution in [-0.4, -0.2) is 97.7 Å². The van der Waals surface area contributed by atoms with E-state index in [1.54, 1.807) is 29.2 Å². The monoisotopic (exact) mass is 531 g/mol. The molecule has 0 saturated carbocycles. The molecule has 2 aliphatic rings. The number of amides is 2. The van der Waals surface area contributed by atoms with Gasteiger partial charge in [0, 0.05) is 61.5 Å². The lowest BCUT2D eigenvalue weighted by atomic mass is 10.1. The van der Waals surface area contributed by atoms with Crippen LogP contribution in [0.2, 0.25) is 10.0 Å². The third-order valence-electron chi connectivity index (χ3n) is 6.00. The summed E-state index contributed by atoms with van der Waals surface area (Å²) in [5.41, 5.74) is 0.576. The van der Waals surface area contributed by atoms with E-state index < -0.39 is 21.8 Å². The van der Waals surface area contributed by atoms with Gasteiger partial charge in [0.1, 0.15) is 4.88 Å². The Morgan fingerprint density at radius 3 is 2.21 bits per heavy atom. The molecule has 0 bridgehead atoms. The lowest BCUT2D eigenvalue weighted by Crippen LogP contribution is -2.54. The third-order valence-corrected chi connectivity index (χ3v) is 9.11. The second-order valence-electron chi connectivity index (χ2n) is 8.20. The Balaban J connectivity index is 1.38. The lowest BCUT2D eigenvalue weighted by Gasteiger charge is -2.38. The molecule has 2 unspecified atom stereocenters. The van der Waals surface area contributed by atoms with Gasteiger partial charge in [-0.3, -0.25) is 14.5 Å². The number of aliphatic hydroxyl groups is 1. The molecule has 2 saturated heterocycles. The second kappa shape index (κ2) is 9.52. The van der Waals surface area contributed by atoms with Crippen molar-refractivity contribution in [2.24, 2.45) is 0 Å². The lowest BCUT2D eigenvalue weighted by molar-refractivity contribution is 0.0376. The molecule has 0 spiro atoms. The van der Waals surface area contributed by atoms with Gasteiger partial charge >= 0.3 is 0 Å². The molecule has 12 heteroatoms. The number of hydrogen-bond donors (Lipinski definition) is 1. The van der Waals surface area contributed by atoms with Gasteiger partial charge in [-0.1, -0.05) is 23.2 Å². The number of sulfone groups is 1. The van der Waals surface area contributed by atoms with Gasteiger partial charge in [-0.2, -0.15) is 0 Å². The Hall–Kier alpha value is -1.69. The summed E-state index contributed by atoms with van der Waals surface area (Å²) in [5.74, 6) is -0.456. The quantitative estimate of drug-likeness (QED) is 0.648. The molecule has 0 aliphatic carbocycles. The van der Waals surface area contributed by atoms with Crippen LogP contribution in [0.4, 0.5) is 0 Å². The zero-order valence-electron chi connectivity index (χ0n) is 17.8. The van der Waals surface area contributed by atoms with E-state index in [0.717, 1.165) is 17.6 Å². The van der Waals surface area contributed by atoms with Crippen molar-refractivity contribution >= 4 is 56.2 Å². The fourth-order valence-corrected chi connectivity index (χ4v) is 7.19. The molecule has 1 aromatic carbocycles. The maximum absolute atomic E-state index is 13.0. The summed E-state index contributed by atoms with van der Waals surface area (Å²) in [6.45, 7) is 2.59.